The molecule has 3 heteroatoms. The maximum atomic E-state index is 6.04. The topological polar surface area (TPSA) is 44.5 Å². The summed E-state index contributed by atoms with van der Waals surface area (Å²) in [6, 6.07) is 10.6. The van der Waals surface area contributed by atoms with E-state index < -0.39 is 0 Å². The van der Waals surface area contributed by atoms with Gasteiger partial charge in [-0.15, -0.1) is 0 Å². The van der Waals surface area contributed by atoms with Gasteiger partial charge in [0.05, 0.1) is 13.2 Å². The summed E-state index contributed by atoms with van der Waals surface area (Å²) in [6.45, 7) is 1.41. The van der Waals surface area contributed by atoms with E-state index in [4.69, 9.17) is 15.2 Å². The lowest BCUT2D eigenvalue weighted by Crippen LogP contribution is -2.27. The molecule has 2 N–H and O–H groups in total. The van der Waals surface area contributed by atoms with Gasteiger partial charge in [-0.2, -0.15) is 0 Å². The van der Waals surface area contributed by atoms with Crippen LogP contribution in [0.4, 0.5) is 0 Å². The predicted octanol–water partition coefficient (Wildman–Crippen LogP) is 1.71. The first-order valence-electron chi connectivity index (χ1n) is 5.87. The van der Waals surface area contributed by atoms with Crippen LogP contribution in [0.1, 0.15) is 18.4 Å². The summed E-state index contributed by atoms with van der Waals surface area (Å²) >= 11 is 0. The van der Waals surface area contributed by atoms with Crippen LogP contribution in [0.2, 0.25) is 0 Å². The second kappa shape index (κ2) is 5.99. The number of nitrogens with two attached hydrogens (primary N) is 1. The fourth-order valence-electron chi connectivity index (χ4n) is 1.91. The van der Waals surface area contributed by atoms with E-state index in [2.05, 4.69) is 24.3 Å². The van der Waals surface area contributed by atoms with Crippen LogP contribution in [0.5, 0.6) is 0 Å². The van der Waals surface area contributed by atoms with E-state index in [-0.39, 0.29) is 12.3 Å². The zero-order chi connectivity index (χ0) is 11.2. The number of benzene rings is 1. The Morgan fingerprint density at radius 1 is 1.19 bits per heavy atom. The van der Waals surface area contributed by atoms with E-state index in [1.54, 1.807) is 0 Å². The van der Waals surface area contributed by atoms with E-state index in [1.165, 1.54) is 5.56 Å². The summed E-state index contributed by atoms with van der Waals surface area (Å²) in [5, 5.41) is 0. The maximum Gasteiger partial charge on any atom is 0.159 e. The molecule has 1 fully saturated rings. The van der Waals surface area contributed by atoms with Gasteiger partial charge in [-0.05, 0) is 18.4 Å². The van der Waals surface area contributed by atoms with Gasteiger partial charge >= 0.3 is 0 Å². The first-order chi connectivity index (χ1) is 7.84. The normalized spacial score (nSPS) is 18.8. The molecule has 1 aromatic rings. The second-order valence-electron chi connectivity index (χ2n) is 4.19. The highest BCUT2D eigenvalue weighted by Crippen LogP contribution is 2.13. The van der Waals surface area contributed by atoms with Gasteiger partial charge in [0.25, 0.3) is 0 Å². The van der Waals surface area contributed by atoms with Crippen LogP contribution in [0.3, 0.4) is 0 Å². The molecule has 16 heavy (non-hydrogen) atoms. The lowest BCUT2D eigenvalue weighted by molar-refractivity contribution is -0.0508. The molecule has 0 radical (unpaired) electrons. The first-order valence-corrected chi connectivity index (χ1v) is 5.87. The lowest BCUT2D eigenvalue weighted by Gasteiger charge is -2.15. The Labute approximate surface area is 96.5 Å². The molecule has 1 aromatic carbocycles. The van der Waals surface area contributed by atoms with E-state index in [9.17, 15) is 0 Å². The highest BCUT2D eigenvalue weighted by molar-refractivity contribution is 5.14. The Morgan fingerprint density at radius 2 is 1.88 bits per heavy atom. The number of hydrogen-bond acceptors (Lipinski definition) is 3. The molecule has 1 aliphatic heterocycles. The van der Waals surface area contributed by atoms with Crippen molar-refractivity contribution in [3.05, 3.63) is 35.9 Å². The Bertz CT molecular complexity index is 296. The van der Waals surface area contributed by atoms with Gasteiger partial charge in [0, 0.05) is 12.5 Å². The molecule has 0 bridgehead atoms. The summed E-state index contributed by atoms with van der Waals surface area (Å²) in [5.74, 6) is 0. The molecule has 0 amide bonds. The molecule has 1 atom stereocenters. The van der Waals surface area contributed by atoms with Crippen LogP contribution in [0.25, 0.3) is 0 Å². The van der Waals surface area contributed by atoms with Crippen molar-refractivity contribution in [1.29, 1.82) is 0 Å². The van der Waals surface area contributed by atoms with Crippen LogP contribution < -0.4 is 5.73 Å². The highest BCUT2D eigenvalue weighted by atomic mass is 16.7. The molecule has 1 unspecified atom stereocenters. The molecule has 1 saturated heterocycles. The quantitative estimate of drug-likeness (QED) is 0.823. The Hall–Kier alpha value is -0.900. The standard InChI is InChI=1S/C13H19NO2/c14-12(10-13-15-8-9-16-13)7-6-11-4-2-1-3-5-11/h1-5,12-13H,6-10,14H2. The van der Waals surface area contributed by atoms with Crippen LogP contribution >= 0.6 is 0 Å². The van der Waals surface area contributed by atoms with E-state index in [0.717, 1.165) is 19.3 Å². The third kappa shape index (κ3) is 3.59. The van der Waals surface area contributed by atoms with Crippen molar-refractivity contribution in [2.24, 2.45) is 5.73 Å². The third-order valence-corrected chi connectivity index (χ3v) is 2.83. The summed E-state index contributed by atoms with van der Waals surface area (Å²) in [6.07, 6.45) is 2.72. The van der Waals surface area contributed by atoms with Crippen molar-refractivity contribution in [3.8, 4) is 0 Å². The van der Waals surface area contributed by atoms with Crippen LogP contribution in [0, 0.1) is 0 Å². The molecular weight excluding hydrogens is 202 g/mol. The van der Waals surface area contributed by atoms with Crippen molar-refractivity contribution in [2.75, 3.05) is 13.2 Å². The molecule has 2 rings (SSSR count). The van der Waals surface area contributed by atoms with Crippen molar-refractivity contribution < 1.29 is 9.47 Å². The maximum absolute atomic E-state index is 6.04. The Balaban J connectivity index is 1.69. The fraction of sp³-hybridized carbons (Fsp3) is 0.538. The van der Waals surface area contributed by atoms with Crippen LogP contribution in [-0.2, 0) is 15.9 Å². The summed E-state index contributed by atoms with van der Waals surface area (Å²) in [7, 11) is 0. The highest BCUT2D eigenvalue weighted by Gasteiger charge is 2.18. The van der Waals surface area contributed by atoms with Crippen molar-refractivity contribution in [3.63, 3.8) is 0 Å². The lowest BCUT2D eigenvalue weighted by atomic mass is 10.0. The minimum absolute atomic E-state index is 0.0780. The monoisotopic (exact) mass is 221 g/mol. The van der Waals surface area contributed by atoms with Gasteiger partial charge in [0.2, 0.25) is 0 Å². The number of hydrogen-bond donors (Lipinski definition) is 1. The first kappa shape index (κ1) is 11.6. The zero-order valence-electron chi connectivity index (χ0n) is 9.47. The van der Waals surface area contributed by atoms with Gasteiger partial charge in [0.15, 0.2) is 6.29 Å². The minimum Gasteiger partial charge on any atom is -0.350 e. The van der Waals surface area contributed by atoms with Crippen LogP contribution in [0.15, 0.2) is 30.3 Å². The molecule has 0 spiro atoms. The van der Waals surface area contributed by atoms with E-state index in [0.29, 0.717) is 13.2 Å². The number of aryl methyl sites for hydroxylation is 1. The van der Waals surface area contributed by atoms with Gasteiger partial charge in [-0.1, -0.05) is 30.3 Å². The van der Waals surface area contributed by atoms with Gasteiger partial charge in [0.1, 0.15) is 0 Å². The molecule has 3 nitrogen and oxygen atoms in total. The largest absolute Gasteiger partial charge is 0.350 e. The van der Waals surface area contributed by atoms with Gasteiger partial charge in [-0.25, -0.2) is 0 Å². The van der Waals surface area contributed by atoms with Crippen molar-refractivity contribution in [1.82, 2.24) is 0 Å². The summed E-state index contributed by atoms with van der Waals surface area (Å²) in [5.41, 5.74) is 7.38. The molecule has 88 valence electrons. The molecular formula is C13H19NO2. The van der Waals surface area contributed by atoms with E-state index >= 15 is 0 Å². The smallest absolute Gasteiger partial charge is 0.159 e. The average Bonchev–Trinajstić information content (AvgIpc) is 2.81. The fourth-order valence-corrected chi connectivity index (χ4v) is 1.91. The molecule has 0 saturated carbocycles. The van der Waals surface area contributed by atoms with Crippen molar-refractivity contribution >= 4 is 0 Å². The Morgan fingerprint density at radius 3 is 2.56 bits per heavy atom. The SMILES string of the molecule is NC(CCc1ccccc1)CC1OCCO1. The second-order valence-corrected chi connectivity index (χ2v) is 4.19. The van der Waals surface area contributed by atoms with Gasteiger partial charge < -0.3 is 15.2 Å². The van der Waals surface area contributed by atoms with Crippen molar-refractivity contribution in [2.45, 2.75) is 31.6 Å². The predicted molar refractivity (Wildman–Crippen MR) is 63.0 cm³/mol. The average molecular weight is 221 g/mol. The molecule has 0 aliphatic carbocycles. The summed E-state index contributed by atoms with van der Waals surface area (Å²) in [4.78, 5) is 0. The summed E-state index contributed by atoms with van der Waals surface area (Å²) < 4.78 is 10.7. The third-order valence-electron chi connectivity index (χ3n) is 2.83. The van der Waals surface area contributed by atoms with Crippen LogP contribution in [-0.4, -0.2) is 25.5 Å². The molecule has 1 heterocycles. The molecule has 0 aromatic heterocycles. The zero-order valence-corrected chi connectivity index (χ0v) is 9.47. The molecule has 1 aliphatic rings. The Kier molecular flexibility index (Phi) is 4.34. The number of ether oxygens (including phenoxy) is 2. The number of rotatable bonds is 5. The van der Waals surface area contributed by atoms with Gasteiger partial charge in [-0.3, -0.25) is 0 Å². The minimum atomic E-state index is -0.0780. The van der Waals surface area contributed by atoms with E-state index in [1.807, 2.05) is 6.07 Å².